The lowest BCUT2D eigenvalue weighted by Crippen LogP contribution is -2.07. The second-order valence-corrected chi connectivity index (χ2v) is 8.65. The highest BCUT2D eigenvalue weighted by atomic mass is 19.4. The minimum atomic E-state index is -4.54. The summed E-state index contributed by atoms with van der Waals surface area (Å²) in [5.41, 5.74) is 2.50. The summed E-state index contributed by atoms with van der Waals surface area (Å²) in [6.07, 6.45) is -0.930. The Hall–Kier alpha value is -3.62. The van der Waals surface area contributed by atoms with Crippen LogP contribution in [0.1, 0.15) is 46.9 Å². The first-order valence-electron chi connectivity index (χ1n) is 10.8. The van der Waals surface area contributed by atoms with E-state index in [4.69, 9.17) is 4.52 Å². The fourth-order valence-electron chi connectivity index (χ4n) is 4.43. The Kier molecular flexibility index (Phi) is 5.22. The molecule has 0 aliphatic heterocycles. The molecule has 2 aromatic heterocycles. The summed E-state index contributed by atoms with van der Waals surface area (Å²) in [7, 11) is 0. The number of carboxylic acid groups (broad SMARTS) is 1. The number of benzene rings is 2. The van der Waals surface area contributed by atoms with Gasteiger partial charge in [0.05, 0.1) is 11.3 Å². The van der Waals surface area contributed by atoms with Crippen molar-refractivity contribution in [1.82, 2.24) is 9.72 Å². The molecule has 176 valence electrons. The molecule has 5 rings (SSSR count). The molecular weight excluding hydrogens is 452 g/mol. The molecule has 34 heavy (non-hydrogen) atoms. The number of carboxylic acids is 1. The van der Waals surface area contributed by atoms with Crippen LogP contribution in [0.4, 0.5) is 17.6 Å². The fraction of sp³-hybridized carbons (Fsp3) is 0.280. The lowest BCUT2D eigenvalue weighted by atomic mass is 9.91. The molecular formula is C25H20F4N2O3. The number of halogens is 4. The molecule has 0 bridgehead atoms. The molecule has 5 nitrogen and oxygen atoms in total. The van der Waals surface area contributed by atoms with Gasteiger partial charge in [0, 0.05) is 40.6 Å². The van der Waals surface area contributed by atoms with Gasteiger partial charge in [0.1, 0.15) is 18.1 Å². The van der Waals surface area contributed by atoms with Crippen LogP contribution < -0.4 is 0 Å². The summed E-state index contributed by atoms with van der Waals surface area (Å²) in [6.45, 7) is 1.37. The molecule has 4 aromatic rings. The van der Waals surface area contributed by atoms with Gasteiger partial charge in [-0.2, -0.15) is 13.2 Å². The number of nitrogens with zero attached hydrogens (tertiary/aromatic N) is 2. The lowest BCUT2D eigenvalue weighted by molar-refractivity contribution is -0.138. The van der Waals surface area contributed by atoms with E-state index in [1.165, 1.54) is 28.8 Å². The molecule has 0 atom stereocenters. The summed E-state index contributed by atoms with van der Waals surface area (Å²) in [5.74, 6) is -0.825. The van der Waals surface area contributed by atoms with Crippen molar-refractivity contribution in [2.24, 2.45) is 0 Å². The molecule has 1 aliphatic rings. The van der Waals surface area contributed by atoms with Crippen molar-refractivity contribution in [3.8, 4) is 11.1 Å². The molecule has 2 aromatic carbocycles. The molecule has 0 spiro atoms. The van der Waals surface area contributed by atoms with Crippen LogP contribution in [0.25, 0.3) is 22.0 Å². The highest BCUT2D eigenvalue weighted by Crippen LogP contribution is 2.43. The van der Waals surface area contributed by atoms with Crippen molar-refractivity contribution < 1.29 is 32.0 Å². The Morgan fingerprint density at radius 1 is 1.18 bits per heavy atom. The molecule has 0 amide bonds. The normalized spacial score (nSPS) is 14.1. The predicted octanol–water partition coefficient (Wildman–Crippen LogP) is 6.32. The van der Waals surface area contributed by atoms with E-state index in [9.17, 15) is 27.5 Å². The largest absolute Gasteiger partial charge is 0.480 e. The van der Waals surface area contributed by atoms with E-state index in [1.54, 1.807) is 13.1 Å². The van der Waals surface area contributed by atoms with Crippen molar-refractivity contribution in [2.45, 2.75) is 44.8 Å². The first-order chi connectivity index (χ1) is 16.1. The third-order valence-electron chi connectivity index (χ3n) is 6.22. The van der Waals surface area contributed by atoms with E-state index < -0.39 is 23.5 Å². The Morgan fingerprint density at radius 3 is 2.62 bits per heavy atom. The molecule has 0 radical (unpaired) electrons. The first kappa shape index (κ1) is 22.2. The van der Waals surface area contributed by atoms with Gasteiger partial charge in [-0.1, -0.05) is 11.2 Å². The van der Waals surface area contributed by atoms with Crippen molar-refractivity contribution in [3.05, 3.63) is 76.6 Å². The van der Waals surface area contributed by atoms with Crippen molar-refractivity contribution in [2.75, 3.05) is 0 Å². The fourth-order valence-corrected chi connectivity index (χ4v) is 4.43. The van der Waals surface area contributed by atoms with Crippen LogP contribution in [0.5, 0.6) is 0 Å². The van der Waals surface area contributed by atoms with Crippen LogP contribution >= 0.6 is 0 Å². The van der Waals surface area contributed by atoms with Gasteiger partial charge in [0.25, 0.3) is 0 Å². The van der Waals surface area contributed by atoms with Gasteiger partial charge < -0.3 is 14.2 Å². The Bertz CT molecular complexity index is 1410. The SMILES string of the molecule is Cc1onc(C2CC2)c1Cc1cc(C(F)(F)F)ccc1-c1cn(CC(=O)O)c2ccc(F)cc12. The number of rotatable bonds is 6. The van der Waals surface area contributed by atoms with Gasteiger partial charge in [-0.05, 0) is 61.2 Å². The summed E-state index contributed by atoms with van der Waals surface area (Å²) in [6, 6.07) is 7.41. The zero-order chi connectivity index (χ0) is 24.2. The van der Waals surface area contributed by atoms with Crippen LogP contribution in [-0.4, -0.2) is 20.8 Å². The van der Waals surface area contributed by atoms with Crippen LogP contribution in [0.15, 0.2) is 47.1 Å². The Morgan fingerprint density at radius 2 is 1.94 bits per heavy atom. The van der Waals surface area contributed by atoms with Gasteiger partial charge >= 0.3 is 12.1 Å². The van der Waals surface area contributed by atoms with Gasteiger partial charge in [-0.15, -0.1) is 0 Å². The second kappa shape index (κ2) is 8.00. The molecule has 1 aliphatic carbocycles. The van der Waals surface area contributed by atoms with Crippen LogP contribution in [0.3, 0.4) is 0 Å². The topological polar surface area (TPSA) is 68.3 Å². The molecule has 1 saturated carbocycles. The second-order valence-electron chi connectivity index (χ2n) is 8.65. The highest BCUT2D eigenvalue weighted by Gasteiger charge is 2.33. The van der Waals surface area contributed by atoms with Gasteiger partial charge in [-0.3, -0.25) is 4.79 Å². The molecule has 0 saturated heterocycles. The van der Waals surface area contributed by atoms with E-state index in [0.717, 1.165) is 36.2 Å². The summed E-state index contributed by atoms with van der Waals surface area (Å²) in [4.78, 5) is 11.4. The van der Waals surface area contributed by atoms with E-state index in [-0.39, 0.29) is 18.9 Å². The maximum atomic E-state index is 14.1. The third kappa shape index (κ3) is 4.06. The minimum Gasteiger partial charge on any atom is -0.480 e. The Labute approximate surface area is 191 Å². The molecule has 1 N–H and O–H groups in total. The van der Waals surface area contributed by atoms with E-state index in [2.05, 4.69) is 5.16 Å². The smallest absolute Gasteiger partial charge is 0.416 e. The number of aryl methyl sites for hydroxylation is 1. The minimum absolute atomic E-state index is 0.154. The summed E-state index contributed by atoms with van der Waals surface area (Å²) in [5, 5.41) is 13.8. The van der Waals surface area contributed by atoms with Crippen LogP contribution in [0, 0.1) is 12.7 Å². The zero-order valence-corrected chi connectivity index (χ0v) is 18.1. The summed E-state index contributed by atoms with van der Waals surface area (Å²) >= 11 is 0. The van der Waals surface area contributed by atoms with E-state index >= 15 is 0 Å². The molecule has 1 fully saturated rings. The maximum absolute atomic E-state index is 14.1. The average Bonchev–Trinajstić information content (AvgIpc) is 3.46. The zero-order valence-electron chi connectivity index (χ0n) is 18.1. The molecule has 9 heteroatoms. The van der Waals surface area contributed by atoms with E-state index in [1.807, 2.05) is 0 Å². The average molecular weight is 472 g/mol. The molecule has 0 unspecified atom stereocenters. The number of hydrogen-bond donors (Lipinski definition) is 1. The maximum Gasteiger partial charge on any atom is 0.416 e. The van der Waals surface area contributed by atoms with Crippen LogP contribution in [-0.2, 0) is 23.9 Å². The monoisotopic (exact) mass is 472 g/mol. The highest BCUT2D eigenvalue weighted by molar-refractivity contribution is 5.97. The number of fused-ring (bicyclic) bond motifs is 1. The standard InChI is InChI=1S/C25H20F4N2O3/c1-13-19(24(30-34-13)14-2-3-14)9-15-8-16(25(27,28)29)4-6-18(15)21-11-31(12-23(32)33)22-7-5-17(26)10-20(21)22/h4-8,10-11,14H,2-3,9,12H2,1H3,(H,32,33). The number of aliphatic carboxylic acids is 1. The third-order valence-corrected chi connectivity index (χ3v) is 6.22. The number of alkyl halides is 3. The first-order valence-corrected chi connectivity index (χ1v) is 10.8. The van der Waals surface area contributed by atoms with Crippen molar-refractivity contribution in [1.29, 1.82) is 0 Å². The van der Waals surface area contributed by atoms with Crippen molar-refractivity contribution in [3.63, 3.8) is 0 Å². The number of aromatic nitrogens is 2. The lowest BCUT2D eigenvalue weighted by Gasteiger charge is -2.14. The van der Waals surface area contributed by atoms with E-state index in [0.29, 0.717) is 33.4 Å². The number of hydrogen-bond acceptors (Lipinski definition) is 3. The van der Waals surface area contributed by atoms with Gasteiger partial charge in [0.2, 0.25) is 0 Å². The van der Waals surface area contributed by atoms with Crippen molar-refractivity contribution >= 4 is 16.9 Å². The number of carbonyl (C=O) groups is 1. The summed E-state index contributed by atoms with van der Waals surface area (Å²) < 4.78 is 61.7. The quantitative estimate of drug-likeness (QED) is 0.334. The molecule has 2 heterocycles. The Balaban J connectivity index is 1.71. The van der Waals surface area contributed by atoms with Gasteiger partial charge in [-0.25, -0.2) is 4.39 Å². The van der Waals surface area contributed by atoms with Gasteiger partial charge in [0.15, 0.2) is 0 Å². The van der Waals surface area contributed by atoms with Crippen LogP contribution in [0.2, 0.25) is 0 Å². The predicted molar refractivity (Wildman–Crippen MR) is 116 cm³/mol.